The Morgan fingerprint density at radius 3 is 2.40 bits per heavy atom. The normalized spacial score (nSPS) is 9.85. The second kappa shape index (κ2) is 6.11. The number of nitrogens with one attached hydrogen (secondary N) is 2. The molecular weight excluding hydrogens is 328 g/mol. The van der Waals surface area contributed by atoms with Crippen molar-refractivity contribution in [1.29, 1.82) is 0 Å². The molecule has 8 heteroatoms. The van der Waals surface area contributed by atoms with E-state index in [1.807, 2.05) is 0 Å². The molecule has 0 saturated carbocycles. The number of halogens is 1. The van der Waals surface area contributed by atoms with Gasteiger partial charge in [-0.05, 0) is 34.1 Å². The molecule has 1 heterocycles. The molecule has 0 aliphatic heterocycles. The number of urea groups is 1. The summed E-state index contributed by atoms with van der Waals surface area (Å²) >= 11 is 3.13. The molecule has 1 aromatic carbocycles. The lowest BCUT2D eigenvalue weighted by Gasteiger charge is -2.08. The number of benzene rings is 1. The van der Waals surface area contributed by atoms with E-state index in [4.69, 9.17) is 5.11 Å². The Hall–Kier alpha value is -2.48. The molecule has 0 saturated heterocycles. The number of carboxylic acid groups (broad SMARTS) is 1. The number of aromatic nitrogens is 2. The predicted octanol–water partition coefficient (Wildman–Crippen LogP) is 2.58. The van der Waals surface area contributed by atoms with Crippen LogP contribution >= 0.6 is 15.9 Å². The first kappa shape index (κ1) is 13.9. The summed E-state index contributed by atoms with van der Waals surface area (Å²) in [5.41, 5.74) is 0.853. The minimum atomic E-state index is -1.09. The zero-order chi connectivity index (χ0) is 14.5. The van der Waals surface area contributed by atoms with Gasteiger partial charge < -0.3 is 15.7 Å². The van der Waals surface area contributed by atoms with Crippen LogP contribution in [-0.4, -0.2) is 27.1 Å². The van der Waals surface area contributed by atoms with Gasteiger partial charge in [-0.3, -0.25) is 0 Å². The van der Waals surface area contributed by atoms with Gasteiger partial charge in [0, 0.05) is 10.2 Å². The first-order valence-electron chi connectivity index (χ1n) is 5.42. The van der Waals surface area contributed by atoms with E-state index in [1.54, 1.807) is 12.1 Å². The summed E-state index contributed by atoms with van der Waals surface area (Å²) in [6.07, 6.45) is 4.23. The van der Waals surface area contributed by atoms with Crippen molar-refractivity contribution in [3.05, 3.63) is 47.0 Å². The summed E-state index contributed by atoms with van der Waals surface area (Å²) < 4.78 is 0.437. The third-order valence-electron chi connectivity index (χ3n) is 2.27. The third kappa shape index (κ3) is 3.51. The maximum absolute atomic E-state index is 11.7. The molecule has 0 aliphatic carbocycles. The van der Waals surface area contributed by atoms with Gasteiger partial charge in [0.1, 0.15) is 6.33 Å². The van der Waals surface area contributed by atoms with E-state index in [2.05, 4.69) is 36.5 Å². The number of nitrogens with zero attached hydrogens (tertiary/aromatic N) is 2. The Labute approximate surface area is 122 Å². The highest BCUT2D eigenvalue weighted by molar-refractivity contribution is 9.10. The molecule has 2 rings (SSSR count). The maximum Gasteiger partial charge on any atom is 0.336 e. The van der Waals surface area contributed by atoms with Gasteiger partial charge in [-0.1, -0.05) is 0 Å². The molecule has 20 heavy (non-hydrogen) atoms. The first-order chi connectivity index (χ1) is 9.56. The minimum absolute atomic E-state index is 0.0610. The molecule has 0 fully saturated rings. The Morgan fingerprint density at radius 2 is 1.75 bits per heavy atom. The van der Waals surface area contributed by atoms with E-state index in [0.717, 1.165) is 0 Å². The van der Waals surface area contributed by atoms with Gasteiger partial charge in [0.2, 0.25) is 0 Å². The molecule has 102 valence electrons. The van der Waals surface area contributed by atoms with Crippen molar-refractivity contribution >= 4 is 39.3 Å². The van der Waals surface area contributed by atoms with E-state index in [0.29, 0.717) is 15.8 Å². The smallest absolute Gasteiger partial charge is 0.336 e. The van der Waals surface area contributed by atoms with Crippen LogP contribution < -0.4 is 10.6 Å². The number of aromatic carboxylic acids is 1. The lowest BCUT2D eigenvalue weighted by atomic mass is 10.2. The summed E-state index contributed by atoms with van der Waals surface area (Å²) in [7, 11) is 0. The zero-order valence-electron chi connectivity index (χ0n) is 10.0. The van der Waals surface area contributed by atoms with Gasteiger partial charge in [0.15, 0.2) is 0 Å². The molecule has 2 amide bonds. The number of hydrogen-bond acceptors (Lipinski definition) is 4. The average Bonchev–Trinajstić information content (AvgIpc) is 2.41. The molecular formula is C12H9BrN4O3. The minimum Gasteiger partial charge on any atom is -0.478 e. The molecule has 2 aromatic rings. The lowest BCUT2D eigenvalue weighted by Crippen LogP contribution is -2.19. The van der Waals surface area contributed by atoms with Crippen LogP contribution in [0.4, 0.5) is 16.2 Å². The van der Waals surface area contributed by atoms with Crippen molar-refractivity contribution < 1.29 is 14.7 Å². The first-order valence-corrected chi connectivity index (χ1v) is 6.21. The highest BCUT2D eigenvalue weighted by Gasteiger charge is 2.10. The highest BCUT2D eigenvalue weighted by Crippen LogP contribution is 2.21. The molecule has 0 radical (unpaired) electrons. The fourth-order valence-electron chi connectivity index (χ4n) is 1.42. The van der Waals surface area contributed by atoms with Crippen molar-refractivity contribution in [2.24, 2.45) is 0 Å². The molecule has 7 nitrogen and oxygen atoms in total. The summed E-state index contributed by atoms with van der Waals surface area (Å²) in [5, 5.41) is 14.0. The lowest BCUT2D eigenvalue weighted by molar-refractivity contribution is 0.0696. The van der Waals surface area contributed by atoms with Crippen LogP contribution in [0, 0.1) is 0 Å². The van der Waals surface area contributed by atoms with Crippen molar-refractivity contribution in [2.75, 3.05) is 10.6 Å². The standard InChI is InChI=1S/C12H9BrN4O3/c13-10-2-1-7(3-9(10)11(18)19)16-12(20)17-8-4-14-6-15-5-8/h1-6H,(H,18,19)(H2,16,17,20). The average molecular weight is 337 g/mol. The summed E-state index contributed by atoms with van der Waals surface area (Å²) in [5.74, 6) is -1.09. The second-order valence-electron chi connectivity index (χ2n) is 3.71. The van der Waals surface area contributed by atoms with E-state index in [-0.39, 0.29) is 5.56 Å². The van der Waals surface area contributed by atoms with Crippen molar-refractivity contribution in [3.63, 3.8) is 0 Å². The highest BCUT2D eigenvalue weighted by atomic mass is 79.9. The number of anilines is 2. The monoisotopic (exact) mass is 336 g/mol. The Bertz CT molecular complexity index is 648. The van der Waals surface area contributed by atoms with Crippen LogP contribution in [0.1, 0.15) is 10.4 Å². The number of carbonyl (C=O) groups excluding carboxylic acids is 1. The number of carboxylic acids is 1. The van der Waals surface area contributed by atoms with Crippen molar-refractivity contribution in [2.45, 2.75) is 0 Å². The molecule has 0 bridgehead atoms. The van der Waals surface area contributed by atoms with Crippen LogP contribution in [0.5, 0.6) is 0 Å². The van der Waals surface area contributed by atoms with Gasteiger partial charge >= 0.3 is 12.0 Å². The predicted molar refractivity (Wildman–Crippen MR) is 75.8 cm³/mol. The van der Waals surface area contributed by atoms with Gasteiger partial charge in [-0.15, -0.1) is 0 Å². The SMILES string of the molecule is O=C(Nc1cncnc1)Nc1ccc(Br)c(C(=O)O)c1. The van der Waals surface area contributed by atoms with Crippen LogP contribution in [0.2, 0.25) is 0 Å². The summed E-state index contributed by atoms with van der Waals surface area (Å²) in [6, 6.07) is 3.97. The number of rotatable bonds is 3. The quantitative estimate of drug-likeness (QED) is 0.799. The van der Waals surface area contributed by atoms with Crippen molar-refractivity contribution in [3.8, 4) is 0 Å². The Morgan fingerprint density at radius 1 is 1.10 bits per heavy atom. The van der Waals surface area contributed by atoms with Gasteiger partial charge in [0.05, 0.1) is 23.6 Å². The number of amides is 2. The van der Waals surface area contributed by atoms with Gasteiger partial charge in [0.25, 0.3) is 0 Å². The fourth-order valence-corrected chi connectivity index (χ4v) is 1.84. The van der Waals surface area contributed by atoms with Crippen LogP contribution in [0.15, 0.2) is 41.4 Å². The number of carbonyl (C=O) groups is 2. The van der Waals surface area contributed by atoms with Crippen LogP contribution in [-0.2, 0) is 0 Å². The van der Waals surface area contributed by atoms with Crippen LogP contribution in [0.3, 0.4) is 0 Å². The van der Waals surface area contributed by atoms with E-state index >= 15 is 0 Å². The fraction of sp³-hybridized carbons (Fsp3) is 0. The molecule has 3 N–H and O–H groups in total. The summed E-state index contributed by atoms with van der Waals surface area (Å²) in [4.78, 5) is 30.2. The number of hydrogen-bond donors (Lipinski definition) is 3. The van der Waals surface area contributed by atoms with Crippen LogP contribution in [0.25, 0.3) is 0 Å². The molecule has 0 spiro atoms. The van der Waals surface area contributed by atoms with Gasteiger partial charge in [-0.25, -0.2) is 19.6 Å². The van der Waals surface area contributed by atoms with E-state index in [9.17, 15) is 9.59 Å². The van der Waals surface area contributed by atoms with Gasteiger partial charge in [-0.2, -0.15) is 0 Å². The Balaban J connectivity index is 2.08. The maximum atomic E-state index is 11.7. The van der Waals surface area contributed by atoms with E-state index < -0.39 is 12.0 Å². The third-order valence-corrected chi connectivity index (χ3v) is 2.96. The largest absolute Gasteiger partial charge is 0.478 e. The topological polar surface area (TPSA) is 104 Å². The Kier molecular flexibility index (Phi) is 4.26. The summed E-state index contributed by atoms with van der Waals surface area (Å²) in [6.45, 7) is 0. The molecule has 0 atom stereocenters. The second-order valence-corrected chi connectivity index (χ2v) is 4.56. The van der Waals surface area contributed by atoms with Crippen molar-refractivity contribution in [1.82, 2.24) is 9.97 Å². The molecule has 0 aliphatic rings. The molecule has 0 unspecified atom stereocenters. The zero-order valence-corrected chi connectivity index (χ0v) is 11.6. The van der Waals surface area contributed by atoms with E-state index in [1.165, 1.54) is 24.8 Å². The molecule has 1 aromatic heterocycles.